The molecule has 0 aliphatic rings. The summed E-state index contributed by atoms with van der Waals surface area (Å²) >= 11 is 0. The van der Waals surface area contributed by atoms with Gasteiger partial charge in [0.25, 0.3) is 11.8 Å². The number of carbonyl (C=O) groups excluding carboxylic acids is 2. The fraction of sp³-hybridized carbons (Fsp3) is 0.190. The van der Waals surface area contributed by atoms with E-state index in [2.05, 4.69) is 15.3 Å². The van der Waals surface area contributed by atoms with E-state index in [0.29, 0.717) is 28.3 Å². The van der Waals surface area contributed by atoms with E-state index in [1.165, 1.54) is 17.0 Å². The van der Waals surface area contributed by atoms with Crippen molar-refractivity contribution >= 4 is 17.5 Å². The Morgan fingerprint density at radius 3 is 2.39 bits per heavy atom. The van der Waals surface area contributed by atoms with Gasteiger partial charge in [0.05, 0.1) is 0 Å². The van der Waals surface area contributed by atoms with Crippen molar-refractivity contribution in [2.45, 2.75) is 13.8 Å². The van der Waals surface area contributed by atoms with E-state index < -0.39 is 0 Å². The molecular weight excluding hydrogens is 359 g/mol. The summed E-state index contributed by atoms with van der Waals surface area (Å²) in [5.41, 5.74) is 3.37. The molecule has 28 heavy (non-hydrogen) atoms. The first kappa shape index (κ1) is 19.3. The number of aryl methyl sites for hydroxylation is 2. The number of amides is 2. The lowest BCUT2D eigenvalue weighted by Crippen LogP contribution is -2.22. The normalized spacial score (nSPS) is 10.6. The Morgan fingerprint density at radius 1 is 1.07 bits per heavy atom. The lowest BCUT2D eigenvalue weighted by Gasteiger charge is -2.13. The van der Waals surface area contributed by atoms with Gasteiger partial charge in [0.2, 0.25) is 0 Å². The molecule has 6 nitrogen and oxygen atoms in total. The smallest absolute Gasteiger partial charge is 0.276 e. The maximum absolute atomic E-state index is 13.1. The van der Waals surface area contributed by atoms with Crippen molar-refractivity contribution in [1.29, 1.82) is 0 Å². The summed E-state index contributed by atoms with van der Waals surface area (Å²) < 4.78 is 13.1. The van der Waals surface area contributed by atoms with Gasteiger partial charge in [-0.05, 0) is 55.8 Å². The second kappa shape index (κ2) is 7.64. The van der Waals surface area contributed by atoms with Crippen molar-refractivity contribution in [3.8, 4) is 11.4 Å². The Labute approximate surface area is 162 Å². The topological polar surface area (TPSA) is 78.1 Å². The Kier molecular flexibility index (Phi) is 5.26. The molecule has 0 spiro atoms. The van der Waals surface area contributed by atoms with Gasteiger partial charge in [0, 0.05) is 36.6 Å². The standard InChI is InChI=1S/C21H21FN4O2/c1-12-5-6-15(21(28)26(3)4)11-17(12)24-20(27)18-13(2)23-19(25-18)14-7-9-16(22)10-8-14/h5-11H,1-4H3,(H,23,25)(H,24,27). The highest BCUT2D eigenvalue weighted by Crippen LogP contribution is 2.22. The van der Waals surface area contributed by atoms with E-state index in [0.717, 1.165) is 5.56 Å². The molecule has 144 valence electrons. The van der Waals surface area contributed by atoms with Crippen LogP contribution in [0, 0.1) is 19.7 Å². The molecule has 0 bridgehead atoms. The van der Waals surface area contributed by atoms with Crippen molar-refractivity contribution in [1.82, 2.24) is 14.9 Å². The molecule has 0 radical (unpaired) electrons. The minimum atomic E-state index is -0.389. The third-order valence-corrected chi connectivity index (χ3v) is 4.36. The molecule has 3 aromatic rings. The largest absolute Gasteiger partial charge is 0.345 e. The SMILES string of the molecule is Cc1ccc(C(=O)N(C)C)cc1NC(=O)c1nc(-c2ccc(F)cc2)[nH]c1C. The zero-order valence-electron chi connectivity index (χ0n) is 16.1. The van der Waals surface area contributed by atoms with Crippen LogP contribution in [0.2, 0.25) is 0 Å². The summed E-state index contributed by atoms with van der Waals surface area (Å²) in [6, 6.07) is 11.0. The summed E-state index contributed by atoms with van der Waals surface area (Å²) in [5.74, 6) is -0.395. The maximum atomic E-state index is 13.1. The quantitative estimate of drug-likeness (QED) is 0.723. The third-order valence-electron chi connectivity index (χ3n) is 4.36. The molecule has 2 aromatic carbocycles. The van der Waals surface area contributed by atoms with Crippen LogP contribution >= 0.6 is 0 Å². The van der Waals surface area contributed by atoms with Crippen LogP contribution in [0.3, 0.4) is 0 Å². The second-order valence-corrected chi connectivity index (χ2v) is 6.75. The summed E-state index contributed by atoms with van der Waals surface area (Å²) in [6.45, 7) is 3.59. The minimum Gasteiger partial charge on any atom is -0.345 e. The number of aromatic nitrogens is 2. The number of hydrogen-bond acceptors (Lipinski definition) is 3. The molecule has 0 saturated carbocycles. The van der Waals surface area contributed by atoms with E-state index in [1.54, 1.807) is 51.4 Å². The van der Waals surface area contributed by atoms with Gasteiger partial charge in [-0.25, -0.2) is 9.37 Å². The van der Waals surface area contributed by atoms with Crippen LogP contribution in [-0.4, -0.2) is 40.8 Å². The maximum Gasteiger partial charge on any atom is 0.276 e. The van der Waals surface area contributed by atoms with E-state index in [1.807, 2.05) is 6.92 Å². The number of nitrogens with zero attached hydrogens (tertiary/aromatic N) is 2. The van der Waals surface area contributed by atoms with Crippen molar-refractivity contribution in [3.63, 3.8) is 0 Å². The number of anilines is 1. The van der Waals surface area contributed by atoms with Crippen LogP contribution in [0.5, 0.6) is 0 Å². The lowest BCUT2D eigenvalue weighted by atomic mass is 10.1. The van der Waals surface area contributed by atoms with Crippen LogP contribution in [0.25, 0.3) is 11.4 Å². The predicted molar refractivity (Wildman–Crippen MR) is 106 cm³/mol. The van der Waals surface area contributed by atoms with Gasteiger partial charge in [-0.3, -0.25) is 9.59 Å². The fourth-order valence-electron chi connectivity index (χ4n) is 2.76. The molecule has 0 fully saturated rings. The fourth-order valence-corrected chi connectivity index (χ4v) is 2.76. The van der Waals surface area contributed by atoms with Crippen molar-refractivity contribution < 1.29 is 14.0 Å². The lowest BCUT2D eigenvalue weighted by molar-refractivity contribution is 0.0827. The molecule has 0 aliphatic heterocycles. The Balaban J connectivity index is 1.87. The van der Waals surface area contributed by atoms with Gasteiger partial charge in [0.15, 0.2) is 0 Å². The average Bonchev–Trinajstić information content (AvgIpc) is 3.05. The van der Waals surface area contributed by atoms with Gasteiger partial charge in [-0.15, -0.1) is 0 Å². The van der Waals surface area contributed by atoms with Crippen LogP contribution in [0.15, 0.2) is 42.5 Å². The molecule has 1 aromatic heterocycles. The third kappa shape index (κ3) is 3.93. The first-order valence-electron chi connectivity index (χ1n) is 8.72. The number of aromatic amines is 1. The first-order valence-corrected chi connectivity index (χ1v) is 8.72. The van der Waals surface area contributed by atoms with Gasteiger partial charge in [-0.2, -0.15) is 0 Å². The number of benzene rings is 2. The summed E-state index contributed by atoms with van der Waals surface area (Å²) in [5, 5.41) is 2.82. The molecule has 3 rings (SSSR count). The summed E-state index contributed by atoms with van der Waals surface area (Å²) in [6.07, 6.45) is 0. The zero-order valence-corrected chi connectivity index (χ0v) is 16.1. The highest BCUT2D eigenvalue weighted by molar-refractivity contribution is 6.05. The van der Waals surface area contributed by atoms with E-state index in [9.17, 15) is 14.0 Å². The van der Waals surface area contributed by atoms with E-state index >= 15 is 0 Å². The molecule has 0 atom stereocenters. The molecule has 2 amide bonds. The highest BCUT2D eigenvalue weighted by Gasteiger charge is 2.18. The zero-order chi connectivity index (χ0) is 20.4. The first-order chi connectivity index (χ1) is 13.3. The molecule has 1 heterocycles. The summed E-state index contributed by atoms with van der Waals surface area (Å²) in [7, 11) is 3.34. The average molecular weight is 380 g/mol. The number of nitrogens with one attached hydrogen (secondary N) is 2. The van der Waals surface area contributed by atoms with Gasteiger partial charge < -0.3 is 15.2 Å². The minimum absolute atomic E-state index is 0.148. The van der Waals surface area contributed by atoms with Crippen molar-refractivity contribution in [2.24, 2.45) is 0 Å². The number of carbonyl (C=O) groups is 2. The van der Waals surface area contributed by atoms with Crippen LogP contribution < -0.4 is 5.32 Å². The molecule has 7 heteroatoms. The van der Waals surface area contributed by atoms with E-state index in [-0.39, 0.29) is 23.3 Å². The van der Waals surface area contributed by atoms with Crippen molar-refractivity contribution in [2.75, 3.05) is 19.4 Å². The molecule has 0 aliphatic carbocycles. The van der Waals surface area contributed by atoms with Gasteiger partial charge in [-0.1, -0.05) is 6.07 Å². The number of rotatable bonds is 4. The Hall–Kier alpha value is -3.48. The molecule has 0 unspecified atom stereocenters. The van der Waals surface area contributed by atoms with Crippen LogP contribution in [-0.2, 0) is 0 Å². The highest BCUT2D eigenvalue weighted by atomic mass is 19.1. The number of imidazole rings is 1. The van der Waals surface area contributed by atoms with Gasteiger partial charge in [0.1, 0.15) is 17.3 Å². The van der Waals surface area contributed by atoms with Crippen LogP contribution in [0.1, 0.15) is 32.1 Å². The molecule has 0 saturated heterocycles. The molecule has 2 N–H and O–H groups in total. The summed E-state index contributed by atoms with van der Waals surface area (Å²) in [4.78, 5) is 33.8. The van der Waals surface area contributed by atoms with E-state index in [4.69, 9.17) is 0 Å². The predicted octanol–water partition coefficient (Wildman–Crippen LogP) is 3.79. The number of hydrogen-bond donors (Lipinski definition) is 2. The number of halogens is 1. The van der Waals surface area contributed by atoms with Crippen LogP contribution in [0.4, 0.5) is 10.1 Å². The van der Waals surface area contributed by atoms with Gasteiger partial charge >= 0.3 is 0 Å². The Morgan fingerprint density at radius 2 is 1.75 bits per heavy atom. The molecular formula is C21H21FN4O2. The second-order valence-electron chi connectivity index (χ2n) is 6.75. The number of H-pyrrole nitrogens is 1. The van der Waals surface area contributed by atoms with Crippen molar-refractivity contribution in [3.05, 3.63) is 70.8 Å². The Bertz CT molecular complexity index is 1040. The monoisotopic (exact) mass is 380 g/mol.